The number of rotatable bonds is 4. The van der Waals surface area contributed by atoms with Crippen LogP contribution in [0.25, 0.3) is 0 Å². The van der Waals surface area contributed by atoms with Crippen LogP contribution < -0.4 is 10.9 Å². The monoisotopic (exact) mass is 450 g/mol. The second-order valence-electron chi connectivity index (χ2n) is 7.53. The molecule has 5 rings (SSSR count). The minimum absolute atomic E-state index is 0.0739. The van der Waals surface area contributed by atoms with Crippen molar-refractivity contribution in [2.24, 2.45) is 0 Å². The van der Waals surface area contributed by atoms with E-state index in [0.717, 1.165) is 29.7 Å². The molecule has 8 heteroatoms. The number of allylic oxidation sites excluding steroid dienone is 2. The van der Waals surface area contributed by atoms with Crippen LogP contribution in [0.2, 0.25) is 5.02 Å². The summed E-state index contributed by atoms with van der Waals surface area (Å²) in [4.78, 5) is 37.8. The third-order valence-corrected chi connectivity index (χ3v) is 6.87. The Morgan fingerprint density at radius 1 is 1.13 bits per heavy atom. The highest BCUT2D eigenvalue weighted by molar-refractivity contribution is 7.98. The number of nitrogens with zero attached hydrogens (tertiary/aromatic N) is 2. The maximum absolute atomic E-state index is 13.2. The van der Waals surface area contributed by atoms with Crippen LogP contribution in [-0.2, 0) is 10.5 Å². The summed E-state index contributed by atoms with van der Waals surface area (Å²) in [6.07, 6.45) is 5.43. The van der Waals surface area contributed by atoms with Gasteiger partial charge in [-0.05, 0) is 36.1 Å². The van der Waals surface area contributed by atoms with E-state index in [-0.39, 0.29) is 11.3 Å². The first kappa shape index (κ1) is 20.0. The summed E-state index contributed by atoms with van der Waals surface area (Å²) >= 11 is 7.67. The fraction of sp³-hybridized carbons (Fsp3) is 0.217. The average molecular weight is 451 g/mol. The molecule has 1 aliphatic carbocycles. The van der Waals surface area contributed by atoms with Gasteiger partial charge in [0.15, 0.2) is 10.9 Å². The largest absolute Gasteiger partial charge is 0.343 e. The number of fused-ring (bicyclic) bond motifs is 1. The van der Waals surface area contributed by atoms with Crippen LogP contribution in [0.5, 0.6) is 0 Å². The highest BCUT2D eigenvalue weighted by Crippen LogP contribution is 2.43. The van der Waals surface area contributed by atoms with Crippen molar-refractivity contribution in [1.29, 1.82) is 0 Å². The van der Waals surface area contributed by atoms with E-state index in [2.05, 4.69) is 15.3 Å². The standard InChI is InChI=1S/C23H19ClN4O2S/c24-15-7-2-1-5-14(15)12-31-23-27-21-20(22(30)28-23)18(13-6-4-10-25-11-13)19-16(26-21)8-3-9-17(19)29/h1-2,4-7,10-11,18H,3,8-9,12H2,(H2,26,27,28,30)/t18-/m1/s1. The average Bonchev–Trinajstić information content (AvgIpc) is 2.78. The number of anilines is 1. The number of pyridine rings is 1. The Morgan fingerprint density at radius 3 is 2.81 bits per heavy atom. The van der Waals surface area contributed by atoms with Crippen molar-refractivity contribution in [2.75, 3.05) is 5.32 Å². The maximum atomic E-state index is 13.2. The molecular weight excluding hydrogens is 432 g/mol. The Morgan fingerprint density at radius 2 is 2.00 bits per heavy atom. The molecule has 0 spiro atoms. The zero-order chi connectivity index (χ0) is 21.4. The number of thioether (sulfide) groups is 1. The van der Waals surface area contributed by atoms with Crippen molar-refractivity contribution in [3.8, 4) is 0 Å². The highest BCUT2D eigenvalue weighted by atomic mass is 35.5. The number of hydrogen-bond acceptors (Lipinski definition) is 6. The minimum atomic E-state index is -0.466. The molecule has 2 N–H and O–H groups in total. The third-order valence-electron chi connectivity index (χ3n) is 5.58. The van der Waals surface area contributed by atoms with Gasteiger partial charge in [-0.25, -0.2) is 4.98 Å². The number of benzene rings is 1. The first-order valence-electron chi connectivity index (χ1n) is 10.1. The van der Waals surface area contributed by atoms with E-state index in [0.29, 0.717) is 39.3 Å². The zero-order valence-electron chi connectivity index (χ0n) is 16.5. The predicted octanol–water partition coefficient (Wildman–Crippen LogP) is 4.68. The van der Waals surface area contributed by atoms with Crippen LogP contribution in [0.4, 0.5) is 5.82 Å². The fourth-order valence-corrected chi connectivity index (χ4v) is 5.30. The van der Waals surface area contributed by atoms with Crippen molar-refractivity contribution >= 4 is 35.0 Å². The first-order chi connectivity index (χ1) is 15.1. The quantitative estimate of drug-likeness (QED) is 0.443. The number of ketones is 1. The molecule has 0 unspecified atom stereocenters. The fourth-order valence-electron chi connectivity index (χ4n) is 4.15. The van der Waals surface area contributed by atoms with E-state index >= 15 is 0 Å². The van der Waals surface area contributed by atoms with Crippen LogP contribution in [-0.4, -0.2) is 20.7 Å². The number of Topliss-reactive ketones (excluding diaryl/α,β-unsaturated/α-hetero) is 1. The normalized spacial score (nSPS) is 17.7. The van der Waals surface area contributed by atoms with Crippen LogP contribution in [0.3, 0.4) is 0 Å². The maximum Gasteiger partial charge on any atom is 0.257 e. The first-order valence-corrected chi connectivity index (χ1v) is 11.4. The Kier molecular flexibility index (Phi) is 5.38. The smallest absolute Gasteiger partial charge is 0.257 e. The molecule has 0 bridgehead atoms. The van der Waals surface area contributed by atoms with Gasteiger partial charge < -0.3 is 10.3 Å². The van der Waals surface area contributed by atoms with E-state index in [1.54, 1.807) is 12.4 Å². The summed E-state index contributed by atoms with van der Waals surface area (Å²) in [7, 11) is 0. The zero-order valence-corrected chi connectivity index (χ0v) is 18.1. The number of aromatic amines is 1. The molecule has 156 valence electrons. The van der Waals surface area contributed by atoms with Crippen molar-refractivity contribution in [2.45, 2.75) is 36.1 Å². The van der Waals surface area contributed by atoms with Crippen LogP contribution in [0, 0.1) is 0 Å². The van der Waals surface area contributed by atoms with Crippen molar-refractivity contribution in [3.05, 3.63) is 92.1 Å². The molecular formula is C23H19ClN4O2S. The number of hydrogen-bond donors (Lipinski definition) is 2. The number of nitrogens with one attached hydrogen (secondary N) is 2. The van der Waals surface area contributed by atoms with E-state index in [4.69, 9.17) is 16.6 Å². The molecule has 1 aliphatic heterocycles. The molecule has 3 heterocycles. The number of halogens is 1. The third kappa shape index (κ3) is 3.79. The molecule has 3 aromatic rings. The molecule has 6 nitrogen and oxygen atoms in total. The number of carbonyl (C=O) groups is 1. The SMILES string of the molecule is O=C1CCCC2=C1[C@@H](c1cccnc1)c1c(nc(SCc3ccccc3Cl)[nH]c1=O)N2. The lowest BCUT2D eigenvalue weighted by atomic mass is 9.77. The van der Waals surface area contributed by atoms with Gasteiger partial charge in [-0.2, -0.15) is 0 Å². The van der Waals surface area contributed by atoms with Crippen LogP contribution in [0.15, 0.2) is 70.0 Å². The Bertz CT molecular complexity index is 1260. The van der Waals surface area contributed by atoms with E-state index < -0.39 is 5.92 Å². The van der Waals surface area contributed by atoms with Gasteiger partial charge in [0.1, 0.15) is 5.82 Å². The number of H-pyrrole nitrogens is 1. The predicted molar refractivity (Wildman–Crippen MR) is 121 cm³/mol. The van der Waals surface area contributed by atoms with Gasteiger partial charge in [-0.15, -0.1) is 0 Å². The molecule has 1 atom stereocenters. The molecule has 0 radical (unpaired) electrons. The number of aromatic nitrogens is 3. The van der Waals surface area contributed by atoms with Gasteiger partial charge in [0.25, 0.3) is 5.56 Å². The van der Waals surface area contributed by atoms with Gasteiger partial charge in [0, 0.05) is 46.8 Å². The van der Waals surface area contributed by atoms with E-state index in [1.165, 1.54) is 11.8 Å². The molecule has 2 aliphatic rings. The summed E-state index contributed by atoms with van der Waals surface area (Å²) < 4.78 is 0. The molecule has 1 aromatic carbocycles. The lowest BCUT2D eigenvalue weighted by molar-refractivity contribution is -0.116. The molecule has 2 aromatic heterocycles. The van der Waals surface area contributed by atoms with Crippen LogP contribution in [0.1, 0.15) is 41.9 Å². The van der Waals surface area contributed by atoms with E-state index in [1.807, 2.05) is 36.4 Å². The Balaban J connectivity index is 1.56. The molecule has 0 saturated carbocycles. The second-order valence-corrected chi connectivity index (χ2v) is 8.90. The Labute approximate surface area is 188 Å². The number of carbonyl (C=O) groups excluding carboxylic acids is 1. The highest BCUT2D eigenvalue weighted by Gasteiger charge is 2.37. The van der Waals surface area contributed by atoms with Crippen molar-refractivity contribution < 1.29 is 4.79 Å². The summed E-state index contributed by atoms with van der Waals surface area (Å²) in [5.74, 6) is 0.698. The van der Waals surface area contributed by atoms with Gasteiger partial charge in [-0.1, -0.05) is 47.6 Å². The minimum Gasteiger partial charge on any atom is -0.343 e. The topological polar surface area (TPSA) is 87.7 Å². The van der Waals surface area contributed by atoms with Gasteiger partial charge in [-0.3, -0.25) is 14.6 Å². The van der Waals surface area contributed by atoms with Gasteiger partial charge in [0.2, 0.25) is 0 Å². The van der Waals surface area contributed by atoms with Gasteiger partial charge >= 0.3 is 0 Å². The van der Waals surface area contributed by atoms with Gasteiger partial charge in [0.05, 0.1) is 5.56 Å². The lowest BCUT2D eigenvalue weighted by Gasteiger charge is -2.32. The lowest BCUT2D eigenvalue weighted by Crippen LogP contribution is -2.32. The summed E-state index contributed by atoms with van der Waals surface area (Å²) in [6.45, 7) is 0. The van der Waals surface area contributed by atoms with Crippen molar-refractivity contribution in [3.63, 3.8) is 0 Å². The van der Waals surface area contributed by atoms with Crippen LogP contribution >= 0.6 is 23.4 Å². The van der Waals surface area contributed by atoms with E-state index in [9.17, 15) is 9.59 Å². The molecule has 31 heavy (non-hydrogen) atoms. The Hall–Kier alpha value is -2.90. The summed E-state index contributed by atoms with van der Waals surface area (Å²) in [6, 6.07) is 11.3. The molecule has 0 amide bonds. The van der Waals surface area contributed by atoms with Crippen molar-refractivity contribution in [1.82, 2.24) is 15.0 Å². The molecule has 0 saturated heterocycles. The summed E-state index contributed by atoms with van der Waals surface area (Å²) in [5.41, 5.74) is 3.52. The second kappa shape index (κ2) is 8.32. The molecule has 0 fully saturated rings. The summed E-state index contributed by atoms with van der Waals surface area (Å²) in [5, 5.41) is 4.48.